The van der Waals surface area contributed by atoms with E-state index in [-0.39, 0.29) is 37.9 Å². The average Bonchev–Trinajstić information content (AvgIpc) is 3.07. The van der Waals surface area contributed by atoms with E-state index in [1.807, 2.05) is 13.0 Å². The first-order valence-electron chi connectivity index (χ1n) is 11.5. The van der Waals surface area contributed by atoms with Crippen LogP contribution in [0, 0.1) is 0 Å². The summed E-state index contributed by atoms with van der Waals surface area (Å²) in [6.45, 7) is 2.33. The van der Waals surface area contributed by atoms with Gasteiger partial charge in [-0.25, -0.2) is 22.9 Å². The van der Waals surface area contributed by atoms with Crippen LogP contribution in [0.25, 0.3) is 0 Å². The molecule has 1 amide bonds. The third-order valence-corrected chi connectivity index (χ3v) is 7.38. The fraction of sp³-hybridized carbons (Fsp3) is 0.727. The first-order valence-corrected chi connectivity index (χ1v) is 13.4. The highest BCUT2D eigenvalue weighted by molar-refractivity contribution is 7.88. The van der Waals surface area contributed by atoms with Crippen LogP contribution in [0.2, 0.25) is 0 Å². The Balaban J connectivity index is 1.55. The van der Waals surface area contributed by atoms with E-state index in [1.54, 1.807) is 18.1 Å². The lowest BCUT2D eigenvalue weighted by molar-refractivity contribution is -0.0118. The van der Waals surface area contributed by atoms with Gasteiger partial charge in [-0.2, -0.15) is 0 Å². The Kier molecular flexibility index (Phi) is 7.30. The van der Waals surface area contributed by atoms with E-state index in [1.165, 1.54) is 0 Å². The predicted molar refractivity (Wildman–Crippen MR) is 120 cm³/mol. The zero-order chi connectivity index (χ0) is 23.6. The van der Waals surface area contributed by atoms with Crippen molar-refractivity contribution < 1.29 is 32.2 Å². The highest BCUT2D eigenvalue weighted by atomic mass is 32.2. The molecule has 3 atom stereocenters. The second-order valence-corrected chi connectivity index (χ2v) is 10.9. The SMILES string of the molecule is COc1cc2nc(c1)C1CCC(CC1)OC[C@H]1[C@@H](NS(C)(=O)=O)C[C@@H](C)N1C(=O)OCCO2. The van der Waals surface area contributed by atoms with Gasteiger partial charge in [-0.1, -0.05) is 0 Å². The van der Waals surface area contributed by atoms with Crippen LogP contribution in [0.5, 0.6) is 11.6 Å². The Labute approximate surface area is 195 Å². The number of aromatic nitrogens is 1. The lowest BCUT2D eigenvalue weighted by atomic mass is 9.85. The molecule has 3 aliphatic heterocycles. The summed E-state index contributed by atoms with van der Waals surface area (Å²) in [6, 6.07) is 2.62. The molecule has 33 heavy (non-hydrogen) atoms. The summed E-state index contributed by atoms with van der Waals surface area (Å²) in [5.74, 6) is 1.41. The van der Waals surface area contributed by atoms with Crippen molar-refractivity contribution in [3.8, 4) is 11.6 Å². The summed E-state index contributed by atoms with van der Waals surface area (Å²) in [4.78, 5) is 19.2. The minimum absolute atomic E-state index is 0.0417. The molecule has 0 unspecified atom stereocenters. The maximum absolute atomic E-state index is 12.9. The number of methoxy groups -OCH3 is 1. The molecule has 2 fully saturated rings. The van der Waals surface area contributed by atoms with Gasteiger partial charge >= 0.3 is 6.09 Å². The molecule has 4 heterocycles. The third kappa shape index (κ3) is 5.88. The van der Waals surface area contributed by atoms with Crippen LogP contribution in [0.1, 0.15) is 50.6 Å². The number of hydrogen-bond donors (Lipinski definition) is 1. The molecule has 1 aliphatic carbocycles. The Morgan fingerprint density at radius 2 is 1.88 bits per heavy atom. The summed E-state index contributed by atoms with van der Waals surface area (Å²) in [7, 11) is -1.82. The van der Waals surface area contributed by atoms with E-state index in [9.17, 15) is 13.2 Å². The number of amides is 1. The van der Waals surface area contributed by atoms with Gasteiger partial charge in [0.05, 0.1) is 37.8 Å². The fourth-order valence-corrected chi connectivity index (χ4v) is 5.89. The number of ether oxygens (including phenoxy) is 4. The van der Waals surface area contributed by atoms with E-state index in [0.29, 0.717) is 18.1 Å². The lowest BCUT2D eigenvalue weighted by Gasteiger charge is -2.33. The smallest absolute Gasteiger partial charge is 0.410 e. The van der Waals surface area contributed by atoms with Gasteiger partial charge in [-0.3, -0.25) is 4.90 Å². The molecule has 0 spiro atoms. The van der Waals surface area contributed by atoms with Crippen molar-refractivity contribution in [1.29, 1.82) is 0 Å². The number of hydrogen-bond acceptors (Lipinski definition) is 8. The zero-order valence-electron chi connectivity index (χ0n) is 19.4. The second kappa shape index (κ2) is 10.0. The largest absolute Gasteiger partial charge is 0.496 e. The van der Waals surface area contributed by atoms with Crippen LogP contribution >= 0.6 is 0 Å². The monoisotopic (exact) mass is 483 g/mol. The van der Waals surface area contributed by atoms with Gasteiger partial charge in [0.2, 0.25) is 15.9 Å². The third-order valence-electron chi connectivity index (χ3n) is 6.65. The minimum atomic E-state index is -3.44. The maximum Gasteiger partial charge on any atom is 0.410 e. The lowest BCUT2D eigenvalue weighted by Crippen LogP contribution is -2.50. The minimum Gasteiger partial charge on any atom is -0.496 e. The summed E-state index contributed by atoms with van der Waals surface area (Å²) in [6.07, 6.45) is 4.72. The van der Waals surface area contributed by atoms with Crippen LogP contribution in [0.3, 0.4) is 0 Å². The molecule has 5 rings (SSSR count). The van der Waals surface area contributed by atoms with Crippen LogP contribution in [0.4, 0.5) is 4.79 Å². The van der Waals surface area contributed by atoms with E-state index in [0.717, 1.165) is 37.6 Å². The van der Waals surface area contributed by atoms with Gasteiger partial charge in [0.1, 0.15) is 19.0 Å². The van der Waals surface area contributed by atoms with E-state index in [2.05, 4.69) is 9.71 Å². The van der Waals surface area contributed by atoms with Crippen molar-refractivity contribution in [2.75, 3.05) is 33.2 Å². The molecule has 1 aromatic heterocycles. The maximum atomic E-state index is 12.9. The number of rotatable bonds is 3. The number of nitrogens with one attached hydrogen (secondary N) is 1. The fourth-order valence-electron chi connectivity index (χ4n) is 5.08. The topological polar surface area (TPSA) is 116 Å². The molecule has 0 aromatic carbocycles. The molecule has 1 N–H and O–H groups in total. The average molecular weight is 484 g/mol. The predicted octanol–water partition coefficient (Wildman–Crippen LogP) is 2.04. The number of sulfonamides is 1. The molecule has 4 aliphatic rings. The van der Waals surface area contributed by atoms with E-state index < -0.39 is 28.2 Å². The summed E-state index contributed by atoms with van der Waals surface area (Å²) >= 11 is 0. The first kappa shape index (κ1) is 24.0. The molecule has 1 aromatic rings. The quantitative estimate of drug-likeness (QED) is 0.694. The molecular formula is C22H33N3O7S. The number of pyridine rings is 1. The van der Waals surface area contributed by atoms with Crippen LogP contribution in [0.15, 0.2) is 12.1 Å². The Bertz CT molecular complexity index is 949. The van der Waals surface area contributed by atoms with Crippen molar-refractivity contribution in [3.05, 3.63) is 17.8 Å². The molecule has 11 heteroatoms. The van der Waals surface area contributed by atoms with Gasteiger partial charge in [0.15, 0.2) is 0 Å². The molecule has 184 valence electrons. The van der Waals surface area contributed by atoms with Crippen LogP contribution in [-0.4, -0.2) is 81.8 Å². The van der Waals surface area contributed by atoms with Crippen molar-refractivity contribution in [2.24, 2.45) is 0 Å². The van der Waals surface area contributed by atoms with Gasteiger partial charge in [0.25, 0.3) is 0 Å². The van der Waals surface area contributed by atoms with E-state index >= 15 is 0 Å². The molecule has 4 bridgehead atoms. The van der Waals surface area contributed by atoms with Gasteiger partial charge in [-0.15, -0.1) is 0 Å². The highest BCUT2D eigenvalue weighted by Crippen LogP contribution is 2.36. The summed E-state index contributed by atoms with van der Waals surface area (Å²) in [5.41, 5.74) is 0.931. The van der Waals surface area contributed by atoms with Gasteiger partial charge in [0, 0.05) is 30.1 Å². The van der Waals surface area contributed by atoms with Crippen molar-refractivity contribution >= 4 is 16.1 Å². The zero-order valence-corrected chi connectivity index (χ0v) is 20.2. The Morgan fingerprint density at radius 1 is 1.15 bits per heavy atom. The molecule has 10 nitrogen and oxygen atoms in total. The Hall–Kier alpha value is -2.11. The Morgan fingerprint density at radius 3 is 2.58 bits per heavy atom. The van der Waals surface area contributed by atoms with Gasteiger partial charge in [-0.05, 0) is 39.0 Å². The molecule has 0 radical (unpaired) electrons. The van der Waals surface area contributed by atoms with E-state index in [4.69, 9.17) is 18.9 Å². The normalized spacial score (nSPS) is 30.9. The molecule has 1 saturated carbocycles. The number of nitrogens with zero attached hydrogens (tertiary/aromatic N) is 2. The van der Waals surface area contributed by atoms with Crippen molar-refractivity contribution in [1.82, 2.24) is 14.6 Å². The van der Waals surface area contributed by atoms with Crippen LogP contribution < -0.4 is 14.2 Å². The van der Waals surface area contributed by atoms with Gasteiger partial charge < -0.3 is 18.9 Å². The first-order chi connectivity index (χ1) is 15.7. The number of carbonyl (C=O) groups is 1. The van der Waals surface area contributed by atoms with Crippen LogP contribution in [-0.2, 0) is 19.5 Å². The molecule has 1 saturated heterocycles. The second-order valence-electron chi connectivity index (χ2n) is 9.10. The number of fused-ring (bicyclic) bond motifs is 7. The van der Waals surface area contributed by atoms with Crippen molar-refractivity contribution in [2.45, 2.75) is 69.2 Å². The summed E-state index contributed by atoms with van der Waals surface area (Å²) < 4.78 is 49.4. The standard InChI is InChI=1S/C22H33N3O7S/c1-14-10-19(24-33(3,27)28)20-13-32-16-6-4-15(5-7-16)18-11-17(29-2)12-21(23-18)30-8-9-31-22(26)25(14)20/h11-12,14-16,19-20,24H,4-10,13H2,1-3H3/t14-,15?,16?,19+,20+/m1/s1. The van der Waals surface area contributed by atoms with Crippen molar-refractivity contribution in [3.63, 3.8) is 0 Å². The number of carbonyl (C=O) groups excluding carboxylic acids is 1. The summed E-state index contributed by atoms with van der Waals surface area (Å²) in [5, 5.41) is 0. The highest BCUT2D eigenvalue weighted by Gasteiger charge is 2.44. The molecular weight excluding hydrogens is 450 g/mol.